The lowest BCUT2D eigenvalue weighted by atomic mass is 10.0. The summed E-state index contributed by atoms with van der Waals surface area (Å²) < 4.78 is 0. The van der Waals surface area contributed by atoms with E-state index in [2.05, 4.69) is 5.32 Å². The van der Waals surface area contributed by atoms with E-state index in [4.69, 9.17) is 10.8 Å². The monoisotopic (exact) mass is 262 g/mol. The van der Waals surface area contributed by atoms with E-state index in [1.54, 1.807) is 18.2 Å². The largest absolute Gasteiger partial charge is 0.481 e. The Labute approximate surface area is 111 Å². The molecule has 0 bridgehead atoms. The third kappa shape index (κ3) is 2.86. The molecule has 5 heteroatoms. The molecule has 2 rings (SSSR count). The first kappa shape index (κ1) is 13.4. The highest BCUT2D eigenvalue weighted by molar-refractivity contribution is 5.95. The molecule has 4 N–H and O–H groups in total. The number of aliphatic carboxylic acids is 1. The molecule has 1 amide bonds. The van der Waals surface area contributed by atoms with Gasteiger partial charge in [0.05, 0.1) is 5.92 Å². The number of nitrogen functional groups attached to an aromatic ring is 1. The number of hydrogen-bond acceptors (Lipinski definition) is 3. The third-order valence-electron chi connectivity index (χ3n) is 3.69. The second kappa shape index (κ2) is 5.30. The van der Waals surface area contributed by atoms with Crippen LogP contribution < -0.4 is 11.1 Å². The zero-order chi connectivity index (χ0) is 14.0. The highest BCUT2D eigenvalue weighted by Crippen LogP contribution is 2.26. The van der Waals surface area contributed by atoms with Crippen LogP contribution in [-0.4, -0.2) is 23.0 Å². The van der Waals surface area contributed by atoms with Crippen molar-refractivity contribution < 1.29 is 14.7 Å². The smallest absolute Gasteiger partial charge is 0.308 e. The van der Waals surface area contributed by atoms with E-state index < -0.39 is 11.9 Å². The topological polar surface area (TPSA) is 92.4 Å². The number of carbonyl (C=O) groups is 2. The Hall–Kier alpha value is -2.04. The number of carboxylic acids is 1. The molecule has 1 fully saturated rings. The van der Waals surface area contributed by atoms with Gasteiger partial charge in [-0.15, -0.1) is 0 Å². The standard InChI is InChI=1S/C14H18N2O3/c1-8-5-6-9(7-11(8)15)13(17)16-12-4-2-3-10(12)14(18)19/h5-7,10,12H,2-4,15H2,1H3,(H,16,17)(H,18,19). The van der Waals surface area contributed by atoms with Crippen LogP contribution in [0.4, 0.5) is 5.69 Å². The molecule has 19 heavy (non-hydrogen) atoms. The summed E-state index contributed by atoms with van der Waals surface area (Å²) >= 11 is 0. The van der Waals surface area contributed by atoms with Gasteiger partial charge in [-0.05, 0) is 37.5 Å². The van der Waals surface area contributed by atoms with Gasteiger partial charge in [0.15, 0.2) is 0 Å². The molecule has 0 radical (unpaired) electrons. The summed E-state index contributed by atoms with van der Waals surface area (Å²) in [6, 6.07) is 4.82. The van der Waals surface area contributed by atoms with Crippen molar-refractivity contribution in [2.75, 3.05) is 5.73 Å². The number of nitrogens with two attached hydrogens (primary N) is 1. The number of aryl methyl sites for hydroxylation is 1. The average molecular weight is 262 g/mol. The van der Waals surface area contributed by atoms with Gasteiger partial charge in [0.1, 0.15) is 0 Å². The second-order valence-corrected chi connectivity index (χ2v) is 5.03. The van der Waals surface area contributed by atoms with Crippen LogP contribution in [-0.2, 0) is 4.79 Å². The minimum absolute atomic E-state index is 0.259. The molecule has 1 aliphatic carbocycles. The zero-order valence-corrected chi connectivity index (χ0v) is 10.8. The van der Waals surface area contributed by atoms with E-state index in [1.807, 2.05) is 6.92 Å². The van der Waals surface area contributed by atoms with E-state index in [-0.39, 0.29) is 11.9 Å². The number of rotatable bonds is 3. The van der Waals surface area contributed by atoms with Crippen LogP contribution in [0, 0.1) is 12.8 Å². The summed E-state index contributed by atoms with van der Waals surface area (Å²) in [6.45, 7) is 1.87. The maximum absolute atomic E-state index is 12.1. The van der Waals surface area contributed by atoms with Crippen molar-refractivity contribution >= 4 is 17.6 Å². The molecule has 2 unspecified atom stereocenters. The lowest BCUT2D eigenvalue weighted by Crippen LogP contribution is -2.40. The van der Waals surface area contributed by atoms with Crippen molar-refractivity contribution in [3.63, 3.8) is 0 Å². The number of benzene rings is 1. The Bertz CT molecular complexity index is 513. The van der Waals surface area contributed by atoms with Crippen LogP contribution in [0.2, 0.25) is 0 Å². The molecule has 102 valence electrons. The van der Waals surface area contributed by atoms with E-state index in [0.29, 0.717) is 24.1 Å². The fourth-order valence-electron chi connectivity index (χ4n) is 2.46. The number of nitrogens with one attached hydrogen (secondary N) is 1. The Morgan fingerprint density at radius 2 is 2.11 bits per heavy atom. The molecule has 0 spiro atoms. The van der Waals surface area contributed by atoms with E-state index in [1.165, 1.54) is 0 Å². The lowest BCUT2D eigenvalue weighted by Gasteiger charge is -2.17. The van der Waals surface area contributed by atoms with Crippen molar-refractivity contribution in [2.24, 2.45) is 5.92 Å². The molecule has 1 aromatic rings. The van der Waals surface area contributed by atoms with E-state index >= 15 is 0 Å². The van der Waals surface area contributed by atoms with Gasteiger partial charge in [0, 0.05) is 17.3 Å². The van der Waals surface area contributed by atoms with E-state index in [9.17, 15) is 9.59 Å². The van der Waals surface area contributed by atoms with Gasteiger partial charge >= 0.3 is 5.97 Å². The molecule has 2 atom stereocenters. The molecular formula is C14H18N2O3. The van der Waals surface area contributed by atoms with Crippen molar-refractivity contribution in [2.45, 2.75) is 32.2 Å². The van der Waals surface area contributed by atoms with Crippen LogP contribution in [0.3, 0.4) is 0 Å². The maximum Gasteiger partial charge on any atom is 0.308 e. The van der Waals surface area contributed by atoms with Crippen molar-refractivity contribution in [1.29, 1.82) is 0 Å². The van der Waals surface area contributed by atoms with Crippen LogP contribution in [0.1, 0.15) is 35.2 Å². The molecule has 1 aliphatic rings. The van der Waals surface area contributed by atoms with Gasteiger partial charge in [-0.3, -0.25) is 9.59 Å². The van der Waals surface area contributed by atoms with Gasteiger partial charge < -0.3 is 16.2 Å². The molecule has 0 heterocycles. The summed E-state index contributed by atoms with van der Waals surface area (Å²) in [7, 11) is 0. The SMILES string of the molecule is Cc1ccc(C(=O)NC2CCCC2C(=O)O)cc1N. The Morgan fingerprint density at radius 1 is 1.37 bits per heavy atom. The first-order chi connectivity index (χ1) is 8.99. The number of anilines is 1. The Balaban J connectivity index is 2.08. The first-order valence-corrected chi connectivity index (χ1v) is 6.39. The predicted octanol–water partition coefficient (Wildman–Crippen LogP) is 1.56. The van der Waals surface area contributed by atoms with Gasteiger partial charge in [-0.2, -0.15) is 0 Å². The normalized spacial score (nSPS) is 22.2. The maximum atomic E-state index is 12.1. The second-order valence-electron chi connectivity index (χ2n) is 5.03. The van der Waals surface area contributed by atoms with Gasteiger partial charge in [-0.1, -0.05) is 12.5 Å². The van der Waals surface area contributed by atoms with Crippen LogP contribution in [0.5, 0.6) is 0 Å². The summed E-state index contributed by atoms with van der Waals surface area (Å²) in [6.07, 6.45) is 2.16. The Kier molecular flexibility index (Phi) is 3.74. The quantitative estimate of drug-likeness (QED) is 0.721. The predicted molar refractivity (Wildman–Crippen MR) is 71.8 cm³/mol. The minimum Gasteiger partial charge on any atom is -0.481 e. The first-order valence-electron chi connectivity index (χ1n) is 6.39. The van der Waals surface area contributed by atoms with Crippen LogP contribution >= 0.6 is 0 Å². The molecular weight excluding hydrogens is 244 g/mol. The van der Waals surface area contributed by atoms with Crippen LogP contribution in [0.25, 0.3) is 0 Å². The van der Waals surface area contributed by atoms with E-state index in [0.717, 1.165) is 12.0 Å². The number of hydrogen-bond donors (Lipinski definition) is 3. The molecule has 1 aromatic carbocycles. The van der Waals surface area contributed by atoms with Crippen molar-refractivity contribution in [1.82, 2.24) is 5.32 Å². The molecule has 0 aromatic heterocycles. The number of carbonyl (C=O) groups excluding carboxylic acids is 1. The van der Waals surface area contributed by atoms with Crippen molar-refractivity contribution in [3.05, 3.63) is 29.3 Å². The van der Waals surface area contributed by atoms with Gasteiger partial charge in [-0.25, -0.2) is 0 Å². The highest BCUT2D eigenvalue weighted by atomic mass is 16.4. The Morgan fingerprint density at radius 3 is 2.74 bits per heavy atom. The summed E-state index contributed by atoms with van der Waals surface area (Å²) in [4.78, 5) is 23.1. The van der Waals surface area contributed by atoms with Gasteiger partial charge in [0.2, 0.25) is 0 Å². The van der Waals surface area contributed by atoms with Crippen LogP contribution in [0.15, 0.2) is 18.2 Å². The summed E-state index contributed by atoms with van der Waals surface area (Å²) in [5, 5.41) is 11.9. The van der Waals surface area contributed by atoms with Crippen molar-refractivity contribution in [3.8, 4) is 0 Å². The molecule has 0 saturated heterocycles. The molecule has 5 nitrogen and oxygen atoms in total. The average Bonchev–Trinajstić information content (AvgIpc) is 2.80. The van der Waals surface area contributed by atoms with Gasteiger partial charge in [0.25, 0.3) is 5.91 Å². The zero-order valence-electron chi connectivity index (χ0n) is 10.8. The summed E-state index contributed by atoms with van der Waals surface area (Å²) in [5.74, 6) is -1.58. The fourth-order valence-corrected chi connectivity index (χ4v) is 2.46. The summed E-state index contributed by atoms with van der Waals surface area (Å²) in [5.41, 5.74) is 7.72. The minimum atomic E-state index is -0.841. The number of amides is 1. The number of carboxylic acid groups (broad SMARTS) is 1. The fraction of sp³-hybridized carbons (Fsp3) is 0.429. The highest BCUT2D eigenvalue weighted by Gasteiger charge is 2.33. The lowest BCUT2D eigenvalue weighted by molar-refractivity contribution is -0.142. The molecule has 0 aliphatic heterocycles. The molecule has 1 saturated carbocycles. The third-order valence-corrected chi connectivity index (χ3v) is 3.69.